The average Bonchev–Trinajstić information content (AvgIpc) is 3.01. The first-order valence-corrected chi connectivity index (χ1v) is 8.82. The normalized spacial score (nSPS) is 27.0. The second kappa shape index (κ2) is 7.99. The van der Waals surface area contributed by atoms with Crippen LogP contribution in [0.2, 0.25) is 0 Å². The predicted octanol–water partition coefficient (Wildman–Crippen LogP) is 3.45. The fourth-order valence-electron chi connectivity index (χ4n) is 3.58. The number of nitrogens with one attached hydrogen (secondary N) is 1. The Morgan fingerprint density at radius 3 is 2.83 bits per heavy atom. The number of hydrogen-bond acceptors (Lipinski definition) is 5. The van der Waals surface area contributed by atoms with E-state index in [-0.39, 0.29) is 0 Å². The van der Waals surface area contributed by atoms with E-state index in [1.807, 2.05) is 18.2 Å². The lowest BCUT2D eigenvalue weighted by Crippen LogP contribution is -2.39. The molecule has 3 atom stereocenters. The Morgan fingerprint density at radius 1 is 1.21 bits per heavy atom. The smallest absolute Gasteiger partial charge is 0.161 e. The molecule has 2 fully saturated rings. The van der Waals surface area contributed by atoms with Crippen LogP contribution in [0.3, 0.4) is 0 Å². The van der Waals surface area contributed by atoms with Gasteiger partial charge < -0.3 is 19.5 Å². The summed E-state index contributed by atoms with van der Waals surface area (Å²) in [5, 5.41) is 3.39. The van der Waals surface area contributed by atoms with Crippen molar-refractivity contribution in [3.05, 3.63) is 42.2 Å². The molecule has 0 spiro atoms. The van der Waals surface area contributed by atoms with Gasteiger partial charge in [0.1, 0.15) is 11.9 Å². The zero-order valence-electron chi connectivity index (χ0n) is 14.2. The topological polar surface area (TPSA) is 39.7 Å². The van der Waals surface area contributed by atoms with Gasteiger partial charge in [-0.2, -0.15) is 0 Å². The minimum absolute atomic E-state index is 0.449. The van der Waals surface area contributed by atoms with Crippen LogP contribution in [0.4, 0.5) is 0 Å². The molecular formula is C19H25NO3S. The molecule has 1 aromatic rings. The lowest BCUT2D eigenvalue weighted by Gasteiger charge is -2.26. The summed E-state index contributed by atoms with van der Waals surface area (Å²) < 4.78 is 16.0. The molecular weight excluding hydrogens is 322 g/mol. The van der Waals surface area contributed by atoms with E-state index in [9.17, 15) is 0 Å². The van der Waals surface area contributed by atoms with Crippen LogP contribution in [0.5, 0.6) is 11.5 Å². The third-order valence-corrected chi connectivity index (χ3v) is 5.08. The van der Waals surface area contributed by atoms with Gasteiger partial charge in [0, 0.05) is 23.3 Å². The maximum atomic E-state index is 5.92. The van der Waals surface area contributed by atoms with Crippen molar-refractivity contribution < 1.29 is 14.2 Å². The molecule has 3 aliphatic rings. The molecule has 4 rings (SSSR count). The third kappa shape index (κ3) is 3.73. The van der Waals surface area contributed by atoms with Gasteiger partial charge in [-0.1, -0.05) is 12.2 Å². The molecule has 0 bridgehead atoms. The van der Waals surface area contributed by atoms with Gasteiger partial charge in [-0.15, -0.1) is 12.6 Å². The zero-order chi connectivity index (χ0) is 16.9. The number of ether oxygens (including phenoxy) is 3. The monoisotopic (exact) mass is 347 g/mol. The molecule has 0 amide bonds. The number of hydrogen-bond donors (Lipinski definition) is 2. The lowest BCUT2D eigenvalue weighted by molar-refractivity contribution is 0.108. The fraction of sp³-hybridized carbons (Fsp3) is 0.474. The van der Waals surface area contributed by atoms with Gasteiger partial charge in [-0.25, -0.2) is 0 Å². The minimum Gasteiger partial charge on any atom is -0.493 e. The van der Waals surface area contributed by atoms with E-state index in [1.165, 1.54) is 18.6 Å². The largest absolute Gasteiger partial charge is 0.493 e. The Balaban J connectivity index is 0.000000144. The molecule has 1 N–H and O–H groups in total. The highest BCUT2D eigenvalue weighted by Gasteiger charge is 2.42. The summed E-state index contributed by atoms with van der Waals surface area (Å²) in [6, 6.07) is 5.48. The van der Waals surface area contributed by atoms with Crippen LogP contribution in [0.15, 0.2) is 47.1 Å². The van der Waals surface area contributed by atoms with E-state index in [4.69, 9.17) is 14.2 Å². The number of fused-ring (bicyclic) bond motifs is 3. The summed E-state index contributed by atoms with van der Waals surface area (Å²) in [5.41, 5.74) is 0. The van der Waals surface area contributed by atoms with Crippen LogP contribution < -0.4 is 14.8 Å². The molecule has 1 aliphatic carbocycles. The number of rotatable bonds is 2. The molecule has 3 unspecified atom stereocenters. The molecule has 2 heterocycles. The van der Waals surface area contributed by atoms with Crippen molar-refractivity contribution in [2.24, 2.45) is 11.8 Å². The second-order valence-corrected chi connectivity index (χ2v) is 6.71. The molecule has 5 heteroatoms. The molecule has 2 aliphatic heterocycles. The highest BCUT2D eigenvalue weighted by atomic mass is 32.1. The highest BCUT2D eigenvalue weighted by molar-refractivity contribution is 7.80. The van der Waals surface area contributed by atoms with Gasteiger partial charge in [-0.05, 0) is 43.7 Å². The zero-order valence-corrected chi connectivity index (χ0v) is 15.1. The predicted molar refractivity (Wildman–Crippen MR) is 98.0 cm³/mol. The van der Waals surface area contributed by atoms with Crippen LogP contribution in [-0.2, 0) is 4.74 Å². The number of methoxy groups -OCH3 is 2. The van der Waals surface area contributed by atoms with Crippen molar-refractivity contribution in [1.82, 2.24) is 5.32 Å². The van der Waals surface area contributed by atoms with Gasteiger partial charge in [0.2, 0.25) is 0 Å². The summed E-state index contributed by atoms with van der Waals surface area (Å²) >= 11 is 4.16. The van der Waals surface area contributed by atoms with Crippen LogP contribution in [0.1, 0.15) is 12.8 Å². The molecule has 0 radical (unpaired) electrons. The Labute approximate surface area is 149 Å². The van der Waals surface area contributed by atoms with Gasteiger partial charge in [0.15, 0.2) is 11.5 Å². The molecule has 0 saturated carbocycles. The maximum Gasteiger partial charge on any atom is 0.161 e. The van der Waals surface area contributed by atoms with Gasteiger partial charge in [0.05, 0.1) is 14.2 Å². The maximum absolute atomic E-state index is 5.92. The lowest BCUT2D eigenvalue weighted by atomic mass is 9.81. The van der Waals surface area contributed by atoms with Crippen LogP contribution in [0, 0.1) is 11.8 Å². The Bertz CT molecular complexity index is 629. The molecule has 2 saturated heterocycles. The number of benzene rings is 1. The average molecular weight is 347 g/mol. The number of piperidine rings is 1. The Hall–Kier alpha value is -1.59. The van der Waals surface area contributed by atoms with Crippen LogP contribution >= 0.6 is 12.6 Å². The summed E-state index contributed by atoms with van der Waals surface area (Å²) in [5.74, 6) is 4.14. The fourth-order valence-corrected chi connectivity index (χ4v) is 3.77. The van der Waals surface area contributed by atoms with E-state index in [1.54, 1.807) is 14.2 Å². The summed E-state index contributed by atoms with van der Waals surface area (Å²) in [6.07, 6.45) is 9.45. The molecule has 130 valence electrons. The SMILES string of the molecule is C1=CCC2C(=C1)OC1CNCCC12.COc1ccc(S)cc1OC. The van der Waals surface area contributed by atoms with E-state index in [2.05, 4.69) is 36.2 Å². The first-order valence-electron chi connectivity index (χ1n) is 8.38. The molecule has 1 aromatic carbocycles. The second-order valence-electron chi connectivity index (χ2n) is 6.19. The van der Waals surface area contributed by atoms with Crippen molar-refractivity contribution in [3.63, 3.8) is 0 Å². The van der Waals surface area contributed by atoms with Gasteiger partial charge in [-0.3, -0.25) is 0 Å². The number of thiol groups is 1. The quantitative estimate of drug-likeness (QED) is 0.804. The van der Waals surface area contributed by atoms with Crippen molar-refractivity contribution >= 4 is 12.6 Å². The number of allylic oxidation sites excluding steroid dienone is 4. The van der Waals surface area contributed by atoms with Crippen LogP contribution in [-0.4, -0.2) is 33.4 Å². The van der Waals surface area contributed by atoms with Crippen molar-refractivity contribution in [3.8, 4) is 11.5 Å². The van der Waals surface area contributed by atoms with Crippen molar-refractivity contribution in [2.45, 2.75) is 23.8 Å². The standard InChI is InChI=1S/C11H15NO.C8H10O2S/c1-2-4-10-8(3-1)9-5-6-12-7-11(9)13-10;1-9-7-4-3-6(11)5-8(7)10-2/h1-2,4,8-9,11-12H,3,5-7H2;3-5,11H,1-2H3. The van der Waals surface area contributed by atoms with Crippen molar-refractivity contribution in [1.29, 1.82) is 0 Å². The third-order valence-electron chi connectivity index (χ3n) is 4.80. The molecule has 4 nitrogen and oxygen atoms in total. The van der Waals surface area contributed by atoms with E-state index in [0.29, 0.717) is 17.8 Å². The van der Waals surface area contributed by atoms with E-state index >= 15 is 0 Å². The summed E-state index contributed by atoms with van der Waals surface area (Å²) in [6.45, 7) is 2.20. The first kappa shape index (κ1) is 17.2. The van der Waals surface area contributed by atoms with Crippen LogP contribution in [0.25, 0.3) is 0 Å². The highest BCUT2D eigenvalue weighted by Crippen LogP contribution is 2.42. The summed E-state index contributed by atoms with van der Waals surface area (Å²) in [4.78, 5) is 0.864. The Morgan fingerprint density at radius 2 is 2.04 bits per heavy atom. The summed E-state index contributed by atoms with van der Waals surface area (Å²) in [7, 11) is 3.21. The van der Waals surface area contributed by atoms with E-state index < -0.39 is 0 Å². The van der Waals surface area contributed by atoms with E-state index in [0.717, 1.165) is 29.7 Å². The molecule has 0 aromatic heterocycles. The molecule has 24 heavy (non-hydrogen) atoms. The van der Waals surface area contributed by atoms with Crippen molar-refractivity contribution in [2.75, 3.05) is 27.3 Å². The van der Waals surface area contributed by atoms with Gasteiger partial charge >= 0.3 is 0 Å². The Kier molecular flexibility index (Phi) is 5.74. The van der Waals surface area contributed by atoms with Gasteiger partial charge in [0.25, 0.3) is 0 Å². The minimum atomic E-state index is 0.449. The first-order chi connectivity index (χ1) is 11.7.